The second-order valence-electron chi connectivity index (χ2n) is 8.57. The van der Waals surface area contributed by atoms with Crippen molar-refractivity contribution < 1.29 is 9.31 Å². The number of benzene rings is 1. The van der Waals surface area contributed by atoms with E-state index in [1.807, 2.05) is 0 Å². The fraction of sp³-hybridized carbons (Fsp3) is 0.684. The molecule has 0 radical (unpaired) electrons. The van der Waals surface area contributed by atoms with Crippen molar-refractivity contribution in [2.24, 2.45) is 17.3 Å². The van der Waals surface area contributed by atoms with Crippen LogP contribution in [-0.4, -0.2) is 24.1 Å². The Kier molecular flexibility index (Phi) is 3.65. The number of halogens is 1. The van der Waals surface area contributed by atoms with Gasteiger partial charge in [0.15, 0.2) is 0 Å². The van der Waals surface area contributed by atoms with Crippen molar-refractivity contribution in [3.63, 3.8) is 0 Å². The summed E-state index contributed by atoms with van der Waals surface area (Å²) in [6.07, 6.45) is 3.38. The van der Waals surface area contributed by atoms with Crippen LogP contribution in [-0.2, 0) is 15.7 Å². The highest BCUT2D eigenvalue weighted by Crippen LogP contribution is 2.64. The molecule has 1 aromatic rings. The summed E-state index contributed by atoms with van der Waals surface area (Å²) in [7, 11) is -0.290. The Morgan fingerprint density at radius 2 is 2.04 bits per heavy atom. The molecule has 4 fully saturated rings. The van der Waals surface area contributed by atoms with Crippen molar-refractivity contribution in [3.05, 3.63) is 35.4 Å². The third kappa shape index (κ3) is 2.39. The molecular weight excluding hydrogens is 306 g/mol. The SMILES string of the molecule is Cc1ccccc1CC(Cl)B1OC2C3CC(CC2(C)O1)C3(C)C. The zero-order valence-electron chi connectivity index (χ0n) is 14.5. The molecule has 4 heteroatoms. The van der Waals surface area contributed by atoms with Crippen LogP contribution in [0.4, 0.5) is 0 Å². The highest BCUT2D eigenvalue weighted by Gasteiger charge is 2.67. The van der Waals surface area contributed by atoms with Gasteiger partial charge in [-0.3, -0.25) is 0 Å². The molecule has 2 bridgehead atoms. The molecule has 0 amide bonds. The van der Waals surface area contributed by atoms with Crippen molar-refractivity contribution in [3.8, 4) is 0 Å². The van der Waals surface area contributed by atoms with Gasteiger partial charge in [-0.1, -0.05) is 38.1 Å². The minimum atomic E-state index is -0.290. The number of hydrogen-bond donors (Lipinski definition) is 0. The quantitative estimate of drug-likeness (QED) is 0.603. The van der Waals surface area contributed by atoms with Crippen LogP contribution < -0.4 is 0 Å². The lowest BCUT2D eigenvalue weighted by molar-refractivity contribution is -0.185. The Morgan fingerprint density at radius 3 is 2.74 bits per heavy atom. The van der Waals surface area contributed by atoms with Crippen molar-refractivity contribution in [1.29, 1.82) is 0 Å². The molecule has 5 atom stereocenters. The summed E-state index contributed by atoms with van der Waals surface area (Å²) in [6, 6.07) is 8.42. The summed E-state index contributed by atoms with van der Waals surface area (Å²) in [4.78, 5) is 0. The largest absolute Gasteiger partial charge is 0.477 e. The third-order valence-corrected chi connectivity index (χ3v) is 7.16. The molecule has 0 spiro atoms. The van der Waals surface area contributed by atoms with Gasteiger partial charge in [0.05, 0.1) is 17.0 Å². The van der Waals surface area contributed by atoms with E-state index in [1.54, 1.807) is 0 Å². The maximum Gasteiger partial charge on any atom is 0.477 e. The van der Waals surface area contributed by atoms with Crippen molar-refractivity contribution in [2.45, 2.75) is 63.9 Å². The molecule has 1 aromatic carbocycles. The lowest BCUT2D eigenvalue weighted by Gasteiger charge is -2.63. The van der Waals surface area contributed by atoms with E-state index in [9.17, 15) is 0 Å². The van der Waals surface area contributed by atoms with Gasteiger partial charge in [0.25, 0.3) is 0 Å². The highest BCUT2D eigenvalue weighted by atomic mass is 35.5. The van der Waals surface area contributed by atoms with Crippen LogP contribution in [0.2, 0.25) is 0 Å². The van der Waals surface area contributed by atoms with Gasteiger partial charge in [0.1, 0.15) is 0 Å². The van der Waals surface area contributed by atoms with E-state index in [2.05, 4.69) is 52.0 Å². The summed E-state index contributed by atoms with van der Waals surface area (Å²) in [5.41, 5.74) is 2.81. The molecule has 1 aliphatic heterocycles. The molecule has 3 aliphatic carbocycles. The number of rotatable bonds is 3. The molecule has 3 saturated carbocycles. The zero-order valence-corrected chi connectivity index (χ0v) is 15.3. The van der Waals surface area contributed by atoms with E-state index < -0.39 is 0 Å². The summed E-state index contributed by atoms with van der Waals surface area (Å²) in [5.74, 6) is 1.37. The van der Waals surface area contributed by atoms with Gasteiger partial charge >= 0.3 is 7.12 Å². The maximum absolute atomic E-state index is 6.70. The highest BCUT2D eigenvalue weighted by molar-refractivity contribution is 6.60. The monoisotopic (exact) mass is 332 g/mol. The van der Waals surface area contributed by atoms with Gasteiger partial charge in [-0.05, 0) is 61.5 Å². The van der Waals surface area contributed by atoms with E-state index >= 15 is 0 Å². The smallest absolute Gasteiger partial charge is 0.404 e. The van der Waals surface area contributed by atoms with Crippen LogP contribution in [0.3, 0.4) is 0 Å². The standard InChI is InChI=1S/C19H26BClO2/c1-12-7-5-6-8-13(12)9-16(21)20-22-17-15-10-14(18(15,2)3)11-19(17,4)23-20/h5-8,14-17H,9-11H2,1-4H3. The van der Waals surface area contributed by atoms with E-state index in [0.29, 0.717) is 11.3 Å². The zero-order chi connectivity index (χ0) is 16.4. The average molecular weight is 333 g/mol. The van der Waals surface area contributed by atoms with Crippen LogP contribution in [0.5, 0.6) is 0 Å². The number of aryl methyl sites for hydroxylation is 1. The van der Waals surface area contributed by atoms with Crippen LogP contribution >= 0.6 is 11.6 Å². The first-order chi connectivity index (χ1) is 10.8. The molecule has 1 saturated heterocycles. The number of hydrogen-bond acceptors (Lipinski definition) is 2. The average Bonchev–Trinajstić information content (AvgIpc) is 2.86. The number of alkyl halides is 1. The van der Waals surface area contributed by atoms with Crippen molar-refractivity contribution >= 4 is 18.7 Å². The minimum Gasteiger partial charge on any atom is -0.404 e. The maximum atomic E-state index is 6.70. The molecule has 0 N–H and O–H groups in total. The Hall–Kier alpha value is -0.505. The lowest BCUT2D eigenvalue weighted by Crippen LogP contribution is -2.63. The fourth-order valence-corrected chi connectivity index (χ4v) is 5.32. The Morgan fingerprint density at radius 1 is 1.30 bits per heavy atom. The first kappa shape index (κ1) is 16.0. The molecule has 124 valence electrons. The predicted octanol–water partition coefficient (Wildman–Crippen LogP) is 4.41. The molecule has 5 unspecified atom stereocenters. The van der Waals surface area contributed by atoms with Crippen molar-refractivity contribution in [1.82, 2.24) is 0 Å². The van der Waals surface area contributed by atoms with E-state index in [4.69, 9.17) is 20.9 Å². The summed E-state index contributed by atoms with van der Waals surface area (Å²) >= 11 is 6.70. The van der Waals surface area contributed by atoms with Gasteiger partial charge in [0.2, 0.25) is 0 Å². The first-order valence-electron chi connectivity index (χ1n) is 8.83. The normalized spacial score (nSPS) is 38.8. The van der Waals surface area contributed by atoms with Crippen LogP contribution in [0, 0.1) is 24.2 Å². The fourth-order valence-electron chi connectivity index (χ4n) is 5.04. The van der Waals surface area contributed by atoms with Gasteiger partial charge in [-0.2, -0.15) is 0 Å². The lowest BCUT2D eigenvalue weighted by atomic mass is 9.45. The molecule has 5 rings (SSSR count). The Labute approximate surface area is 145 Å². The topological polar surface area (TPSA) is 18.5 Å². The summed E-state index contributed by atoms with van der Waals surface area (Å²) < 4.78 is 12.7. The summed E-state index contributed by atoms with van der Waals surface area (Å²) in [6.45, 7) is 9.12. The molecule has 1 heterocycles. The molecule has 2 nitrogen and oxygen atoms in total. The second-order valence-corrected chi connectivity index (χ2v) is 9.13. The van der Waals surface area contributed by atoms with Gasteiger partial charge < -0.3 is 9.31 Å². The minimum absolute atomic E-state index is 0.140. The van der Waals surface area contributed by atoms with E-state index in [1.165, 1.54) is 17.5 Å². The van der Waals surface area contributed by atoms with E-state index in [-0.39, 0.29) is 24.1 Å². The Bertz CT molecular complexity index is 619. The van der Waals surface area contributed by atoms with Crippen LogP contribution in [0.25, 0.3) is 0 Å². The predicted molar refractivity (Wildman–Crippen MR) is 94.6 cm³/mol. The van der Waals surface area contributed by atoms with E-state index in [0.717, 1.165) is 18.8 Å². The van der Waals surface area contributed by atoms with Gasteiger partial charge in [0, 0.05) is 0 Å². The van der Waals surface area contributed by atoms with Crippen LogP contribution in [0.15, 0.2) is 24.3 Å². The first-order valence-corrected chi connectivity index (χ1v) is 9.27. The molecule has 23 heavy (non-hydrogen) atoms. The Balaban J connectivity index is 1.49. The van der Waals surface area contributed by atoms with Crippen molar-refractivity contribution in [2.75, 3.05) is 0 Å². The van der Waals surface area contributed by atoms with Gasteiger partial charge in [-0.15, -0.1) is 11.6 Å². The third-order valence-electron chi connectivity index (χ3n) is 6.80. The second kappa shape index (κ2) is 5.24. The molecule has 0 aromatic heterocycles. The summed E-state index contributed by atoms with van der Waals surface area (Å²) in [5, 5.41) is -0.140. The molecular formula is C19H26BClO2. The molecule has 4 aliphatic rings. The van der Waals surface area contributed by atoms with Crippen LogP contribution in [0.1, 0.15) is 44.7 Å². The van der Waals surface area contributed by atoms with Gasteiger partial charge in [-0.25, -0.2) is 0 Å².